The van der Waals surface area contributed by atoms with E-state index in [4.69, 9.17) is 0 Å². The molecular formula is C20H22N2O3. The molecule has 1 aliphatic heterocycles. The van der Waals surface area contributed by atoms with E-state index < -0.39 is 6.23 Å². The van der Waals surface area contributed by atoms with Crippen LogP contribution in [-0.2, 0) is 6.42 Å². The first-order valence-electron chi connectivity index (χ1n) is 8.57. The van der Waals surface area contributed by atoms with Crippen LogP contribution >= 0.6 is 0 Å². The molecule has 0 bridgehead atoms. The van der Waals surface area contributed by atoms with Crippen LogP contribution in [0.15, 0.2) is 48.5 Å². The van der Waals surface area contributed by atoms with Crippen LogP contribution in [0.5, 0.6) is 0 Å². The number of fused-ring (bicyclic) bond motifs is 1. The largest absolute Gasteiger partial charge is 0.369 e. The van der Waals surface area contributed by atoms with Crippen molar-refractivity contribution in [2.45, 2.75) is 26.0 Å². The maximum Gasteiger partial charge on any atom is 0.256 e. The molecule has 1 aliphatic rings. The molecule has 1 atom stereocenters. The Bertz CT molecular complexity index is 774. The SMILES string of the molecule is CCCN1C(=O)c2cc(C(=O)NCCc3ccccc3)ccc2C1O. The summed E-state index contributed by atoms with van der Waals surface area (Å²) in [6.45, 7) is 2.97. The molecule has 1 heterocycles. The standard InChI is InChI=1S/C20H22N2O3/c1-2-12-22-19(24)16-9-8-15(13-17(16)20(22)25)18(23)21-11-10-14-6-4-3-5-7-14/h3-9,13,19,24H,2,10-12H2,1H3,(H,21,23). The van der Waals surface area contributed by atoms with E-state index in [1.165, 1.54) is 4.90 Å². The zero-order valence-corrected chi connectivity index (χ0v) is 14.2. The second-order valence-corrected chi connectivity index (χ2v) is 6.17. The summed E-state index contributed by atoms with van der Waals surface area (Å²) in [5.74, 6) is -0.432. The minimum Gasteiger partial charge on any atom is -0.369 e. The summed E-state index contributed by atoms with van der Waals surface area (Å²) in [5, 5.41) is 13.1. The lowest BCUT2D eigenvalue weighted by Crippen LogP contribution is -2.28. The van der Waals surface area contributed by atoms with Crippen molar-refractivity contribution in [3.05, 3.63) is 70.8 Å². The summed E-state index contributed by atoms with van der Waals surface area (Å²) >= 11 is 0. The topological polar surface area (TPSA) is 69.6 Å². The fraction of sp³-hybridized carbons (Fsp3) is 0.300. The van der Waals surface area contributed by atoms with E-state index in [0.717, 1.165) is 18.4 Å². The lowest BCUT2D eigenvalue weighted by atomic mass is 10.0. The van der Waals surface area contributed by atoms with Gasteiger partial charge in [0.25, 0.3) is 11.8 Å². The van der Waals surface area contributed by atoms with E-state index in [9.17, 15) is 14.7 Å². The fourth-order valence-corrected chi connectivity index (χ4v) is 3.07. The number of benzene rings is 2. The molecule has 5 nitrogen and oxygen atoms in total. The van der Waals surface area contributed by atoms with Crippen molar-refractivity contribution >= 4 is 11.8 Å². The number of nitrogens with one attached hydrogen (secondary N) is 1. The van der Waals surface area contributed by atoms with Crippen molar-refractivity contribution in [1.29, 1.82) is 0 Å². The van der Waals surface area contributed by atoms with Crippen molar-refractivity contribution < 1.29 is 14.7 Å². The molecule has 0 radical (unpaired) electrons. The van der Waals surface area contributed by atoms with E-state index in [2.05, 4.69) is 5.32 Å². The molecule has 5 heteroatoms. The Morgan fingerprint density at radius 1 is 1.20 bits per heavy atom. The van der Waals surface area contributed by atoms with Crippen LogP contribution < -0.4 is 5.32 Å². The van der Waals surface area contributed by atoms with Crippen LogP contribution in [0, 0.1) is 0 Å². The van der Waals surface area contributed by atoms with Gasteiger partial charge in [-0.05, 0) is 30.5 Å². The first kappa shape index (κ1) is 17.2. The van der Waals surface area contributed by atoms with Gasteiger partial charge >= 0.3 is 0 Å². The van der Waals surface area contributed by atoms with Crippen molar-refractivity contribution in [2.75, 3.05) is 13.1 Å². The first-order valence-corrected chi connectivity index (χ1v) is 8.57. The predicted molar refractivity (Wildman–Crippen MR) is 95.2 cm³/mol. The Labute approximate surface area is 147 Å². The molecular weight excluding hydrogens is 316 g/mol. The van der Waals surface area contributed by atoms with Gasteiger partial charge in [-0.3, -0.25) is 9.59 Å². The molecule has 0 fully saturated rings. The van der Waals surface area contributed by atoms with E-state index >= 15 is 0 Å². The average molecular weight is 338 g/mol. The number of rotatable bonds is 6. The third-order valence-corrected chi connectivity index (χ3v) is 4.39. The molecule has 2 N–H and O–H groups in total. The molecule has 2 aromatic carbocycles. The van der Waals surface area contributed by atoms with Gasteiger partial charge < -0.3 is 15.3 Å². The molecule has 25 heavy (non-hydrogen) atoms. The minimum atomic E-state index is -0.919. The highest BCUT2D eigenvalue weighted by atomic mass is 16.3. The smallest absolute Gasteiger partial charge is 0.256 e. The Morgan fingerprint density at radius 2 is 1.96 bits per heavy atom. The normalized spacial score (nSPS) is 16.0. The molecule has 3 rings (SSSR count). The second-order valence-electron chi connectivity index (χ2n) is 6.17. The van der Waals surface area contributed by atoms with Crippen LogP contribution in [0.4, 0.5) is 0 Å². The second kappa shape index (κ2) is 7.49. The third kappa shape index (κ3) is 3.56. The minimum absolute atomic E-state index is 0.213. The van der Waals surface area contributed by atoms with Gasteiger partial charge in [-0.1, -0.05) is 43.3 Å². The molecule has 0 spiro atoms. The monoisotopic (exact) mass is 338 g/mol. The van der Waals surface area contributed by atoms with Gasteiger partial charge in [-0.2, -0.15) is 0 Å². The summed E-state index contributed by atoms with van der Waals surface area (Å²) < 4.78 is 0. The molecule has 2 amide bonds. The average Bonchev–Trinajstić information content (AvgIpc) is 2.87. The van der Waals surface area contributed by atoms with E-state index in [1.54, 1.807) is 18.2 Å². The third-order valence-electron chi connectivity index (χ3n) is 4.39. The molecule has 0 aliphatic carbocycles. The molecule has 0 aromatic heterocycles. The number of carbonyl (C=O) groups excluding carboxylic acids is 2. The quantitative estimate of drug-likeness (QED) is 0.850. The zero-order chi connectivity index (χ0) is 17.8. The van der Waals surface area contributed by atoms with E-state index in [0.29, 0.717) is 29.8 Å². The van der Waals surface area contributed by atoms with Gasteiger partial charge in [0.1, 0.15) is 0 Å². The Balaban J connectivity index is 1.66. The summed E-state index contributed by atoms with van der Waals surface area (Å²) in [6.07, 6.45) is 0.598. The molecule has 2 aromatic rings. The van der Waals surface area contributed by atoms with Crippen LogP contribution in [0.25, 0.3) is 0 Å². The Hall–Kier alpha value is -2.66. The number of carbonyl (C=O) groups is 2. The van der Waals surface area contributed by atoms with Gasteiger partial charge in [-0.25, -0.2) is 0 Å². The van der Waals surface area contributed by atoms with Crippen LogP contribution in [0.2, 0.25) is 0 Å². The zero-order valence-electron chi connectivity index (χ0n) is 14.2. The van der Waals surface area contributed by atoms with Crippen molar-refractivity contribution in [3.63, 3.8) is 0 Å². The first-order chi connectivity index (χ1) is 12.1. The van der Waals surface area contributed by atoms with Gasteiger partial charge in [0, 0.05) is 29.8 Å². The van der Waals surface area contributed by atoms with Crippen molar-refractivity contribution in [1.82, 2.24) is 10.2 Å². The van der Waals surface area contributed by atoms with Crippen LogP contribution in [0.1, 0.15) is 51.4 Å². The fourth-order valence-electron chi connectivity index (χ4n) is 3.07. The summed E-state index contributed by atoms with van der Waals surface area (Å²) in [4.78, 5) is 26.2. The molecule has 0 saturated carbocycles. The van der Waals surface area contributed by atoms with Crippen molar-refractivity contribution in [3.8, 4) is 0 Å². The summed E-state index contributed by atoms with van der Waals surface area (Å²) in [5.41, 5.74) is 2.58. The van der Waals surface area contributed by atoms with Gasteiger partial charge in [0.15, 0.2) is 6.23 Å². The number of nitrogens with zero attached hydrogens (tertiary/aromatic N) is 1. The van der Waals surface area contributed by atoms with Gasteiger partial charge in [-0.15, -0.1) is 0 Å². The molecule has 0 saturated heterocycles. The number of hydrogen-bond acceptors (Lipinski definition) is 3. The van der Waals surface area contributed by atoms with Gasteiger partial charge in [0.05, 0.1) is 0 Å². The number of aliphatic hydroxyl groups excluding tert-OH is 1. The Kier molecular flexibility index (Phi) is 5.14. The highest BCUT2D eigenvalue weighted by molar-refractivity contribution is 6.02. The maximum atomic E-state index is 12.4. The van der Waals surface area contributed by atoms with E-state index in [-0.39, 0.29) is 11.8 Å². The maximum absolute atomic E-state index is 12.4. The van der Waals surface area contributed by atoms with Crippen LogP contribution in [0.3, 0.4) is 0 Å². The number of amides is 2. The molecule has 130 valence electrons. The summed E-state index contributed by atoms with van der Waals surface area (Å²) in [7, 11) is 0. The number of hydrogen-bond donors (Lipinski definition) is 2. The van der Waals surface area contributed by atoms with Gasteiger partial charge in [0.2, 0.25) is 0 Å². The van der Waals surface area contributed by atoms with Crippen molar-refractivity contribution in [2.24, 2.45) is 0 Å². The lowest BCUT2D eigenvalue weighted by molar-refractivity contribution is 0.0177. The Morgan fingerprint density at radius 3 is 2.68 bits per heavy atom. The highest BCUT2D eigenvalue weighted by Crippen LogP contribution is 2.32. The summed E-state index contributed by atoms with van der Waals surface area (Å²) in [6, 6.07) is 14.8. The van der Waals surface area contributed by atoms with Crippen LogP contribution in [-0.4, -0.2) is 34.9 Å². The van der Waals surface area contributed by atoms with E-state index in [1.807, 2.05) is 37.3 Å². The predicted octanol–water partition coefficient (Wildman–Crippen LogP) is 2.52. The lowest BCUT2D eigenvalue weighted by Gasteiger charge is -2.19. The number of aliphatic hydroxyl groups is 1. The molecule has 1 unspecified atom stereocenters. The highest BCUT2D eigenvalue weighted by Gasteiger charge is 2.35.